The fraction of sp³-hybridized carbons (Fsp3) is 0.286. The van der Waals surface area contributed by atoms with Crippen molar-refractivity contribution in [1.82, 2.24) is 5.73 Å². The molecule has 1 N–H and O–H groups in total. The first-order valence-electron chi connectivity index (χ1n) is 5.57. The highest BCUT2D eigenvalue weighted by atomic mass is 28.2. The van der Waals surface area contributed by atoms with Gasteiger partial charge in [-0.25, -0.2) is 5.73 Å². The highest BCUT2D eigenvalue weighted by Gasteiger charge is 2.21. The summed E-state index contributed by atoms with van der Waals surface area (Å²) in [5, 5.41) is 3.31. The maximum absolute atomic E-state index is 8.14. The Hall–Kier alpha value is -1.21. The predicted octanol–water partition coefficient (Wildman–Crippen LogP) is 2.74. The maximum Gasteiger partial charge on any atom is 0.0592 e. The van der Waals surface area contributed by atoms with E-state index in [1.165, 1.54) is 11.1 Å². The molecule has 0 fully saturated rings. The summed E-state index contributed by atoms with van der Waals surface area (Å²) in [7, 11) is -0.485. The maximum atomic E-state index is 8.14. The Labute approximate surface area is 98.5 Å². The minimum atomic E-state index is -0.485. The van der Waals surface area contributed by atoms with E-state index < -0.39 is 8.41 Å². The molecule has 2 atom stereocenters. The third-order valence-electron chi connectivity index (χ3n) is 2.78. The standard InChI is InChI=1S/C14H16NSi/c1-16(2)10-9-14(15)13-8-7-11-5-3-4-6-12(11)13/h3-9,13-15H,1-2H3. The molecule has 2 heteroatoms. The van der Waals surface area contributed by atoms with Gasteiger partial charge in [0.2, 0.25) is 0 Å². The number of nitrogens with one attached hydrogen (secondary N) is 1. The van der Waals surface area contributed by atoms with Crippen LogP contribution < -0.4 is 5.73 Å². The molecule has 1 aromatic rings. The van der Waals surface area contributed by atoms with Gasteiger partial charge in [-0.05, 0) is 30.3 Å². The van der Waals surface area contributed by atoms with Gasteiger partial charge in [0.15, 0.2) is 0 Å². The second-order valence-electron chi connectivity index (χ2n) is 4.35. The number of hydrogen-bond donors (Lipinski definition) is 0. The van der Waals surface area contributed by atoms with Crippen LogP contribution >= 0.6 is 0 Å². The highest BCUT2D eigenvalue weighted by Crippen LogP contribution is 2.32. The smallest absolute Gasteiger partial charge is 0.0592 e. The average molecular weight is 226 g/mol. The van der Waals surface area contributed by atoms with Gasteiger partial charge in [-0.2, -0.15) is 5.33 Å². The molecule has 0 heterocycles. The predicted molar refractivity (Wildman–Crippen MR) is 72.2 cm³/mol. The Kier molecular flexibility index (Phi) is 3.35. The molecule has 2 rings (SSSR count). The van der Waals surface area contributed by atoms with Crippen molar-refractivity contribution in [2.75, 3.05) is 0 Å². The molecule has 0 saturated heterocycles. The van der Waals surface area contributed by atoms with Crippen molar-refractivity contribution < 1.29 is 0 Å². The second kappa shape index (κ2) is 4.75. The molecule has 0 saturated carbocycles. The summed E-state index contributed by atoms with van der Waals surface area (Å²) in [6.45, 7) is 4.37. The zero-order valence-electron chi connectivity index (χ0n) is 9.70. The van der Waals surface area contributed by atoms with E-state index in [0.29, 0.717) is 0 Å². The van der Waals surface area contributed by atoms with Crippen molar-refractivity contribution in [2.45, 2.75) is 25.1 Å². The molecule has 1 radical (unpaired) electrons. The van der Waals surface area contributed by atoms with Crippen molar-refractivity contribution in [3.8, 4) is 0 Å². The molecule has 0 bridgehead atoms. The third kappa shape index (κ3) is 2.30. The minimum Gasteiger partial charge on any atom is -0.249 e. The Morgan fingerprint density at radius 3 is 2.88 bits per heavy atom. The lowest BCUT2D eigenvalue weighted by Gasteiger charge is -2.14. The van der Waals surface area contributed by atoms with Crippen LogP contribution in [0.5, 0.6) is 0 Å². The highest BCUT2D eigenvalue weighted by molar-refractivity contribution is 6.62. The Bertz CT molecular complexity index is 477. The fourth-order valence-corrected chi connectivity index (χ4v) is 2.46. The van der Waals surface area contributed by atoms with E-state index in [0.717, 1.165) is 0 Å². The number of rotatable bonds is 2. The van der Waals surface area contributed by atoms with Crippen LogP contribution in [0.4, 0.5) is 0 Å². The topological polar surface area (TPSA) is 23.8 Å². The van der Waals surface area contributed by atoms with E-state index in [2.05, 4.69) is 42.7 Å². The van der Waals surface area contributed by atoms with Crippen LogP contribution in [0.25, 0.3) is 6.08 Å². The SMILES string of the molecule is C[Si](C)=C=CC([NH])C1C=Cc2ccccc21. The van der Waals surface area contributed by atoms with Gasteiger partial charge in [-0.15, -0.1) is 0 Å². The summed E-state index contributed by atoms with van der Waals surface area (Å²) in [5.74, 6) is 0.213. The van der Waals surface area contributed by atoms with E-state index in [1.807, 2.05) is 18.2 Å². The van der Waals surface area contributed by atoms with Gasteiger partial charge in [0, 0.05) is 5.92 Å². The summed E-state index contributed by atoms with van der Waals surface area (Å²) < 4.78 is 0. The van der Waals surface area contributed by atoms with E-state index in [-0.39, 0.29) is 12.0 Å². The second-order valence-corrected chi connectivity index (χ2v) is 6.64. The first-order chi connectivity index (χ1) is 7.68. The summed E-state index contributed by atoms with van der Waals surface area (Å²) in [4.78, 5) is 0. The van der Waals surface area contributed by atoms with Crippen LogP contribution in [0.3, 0.4) is 0 Å². The first-order valence-corrected chi connectivity index (χ1v) is 8.07. The van der Waals surface area contributed by atoms with Crippen molar-refractivity contribution in [2.24, 2.45) is 0 Å². The quantitative estimate of drug-likeness (QED) is 0.693. The Balaban J connectivity index is 2.26. The number of benzene rings is 1. The van der Waals surface area contributed by atoms with Gasteiger partial charge in [0.05, 0.1) is 14.5 Å². The lowest BCUT2D eigenvalue weighted by molar-refractivity contribution is 0.714. The lowest BCUT2D eigenvalue weighted by atomic mass is 9.94. The van der Waals surface area contributed by atoms with Gasteiger partial charge < -0.3 is 0 Å². The van der Waals surface area contributed by atoms with E-state index in [9.17, 15) is 0 Å². The molecule has 0 amide bonds. The Morgan fingerprint density at radius 1 is 1.38 bits per heavy atom. The number of fused-ring (bicyclic) bond motifs is 1. The largest absolute Gasteiger partial charge is 0.249 e. The summed E-state index contributed by atoms with van der Waals surface area (Å²) >= 11 is 0. The van der Waals surface area contributed by atoms with Crippen LogP contribution in [0.2, 0.25) is 13.1 Å². The van der Waals surface area contributed by atoms with Crippen molar-refractivity contribution >= 4 is 19.8 Å². The van der Waals surface area contributed by atoms with Crippen LogP contribution in [0, 0.1) is 0 Å². The first kappa shape index (κ1) is 11.3. The van der Waals surface area contributed by atoms with Crippen LogP contribution in [-0.2, 0) is 0 Å². The molecule has 0 aliphatic heterocycles. The van der Waals surface area contributed by atoms with Crippen molar-refractivity contribution in [1.29, 1.82) is 0 Å². The molecular formula is C14H16NSi. The zero-order valence-corrected chi connectivity index (χ0v) is 10.7. The third-order valence-corrected chi connectivity index (χ3v) is 3.52. The van der Waals surface area contributed by atoms with Crippen LogP contribution in [0.15, 0.2) is 36.4 Å². The summed E-state index contributed by atoms with van der Waals surface area (Å²) in [6.07, 6.45) is 6.20. The fourth-order valence-electron chi connectivity index (χ4n) is 1.95. The molecule has 1 aliphatic rings. The Morgan fingerprint density at radius 2 is 2.12 bits per heavy atom. The average Bonchev–Trinajstić information content (AvgIpc) is 2.69. The molecule has 81 valence electrons. The summed E-state index contributed by atoms with van der Waals surface area (Å²) in [6, 6.07) is 8.14. The van der Waals surface area contributed by atoms with Crippen LogP contribution in [-0.4, -0.2) is 19.8 Å². The van der Waals surface area contributed by atoms with E-state index >= 15 is 0 Å². The summed E-state index contributed by atoms with van der Waals surface area (Å²) in [5.41, 5.74) is 10.7. The molecule has 1 aromatic carbocycles. The van der Waals surface area contributed by atoms with Gasteiger partial charge in [-0.1, -0.05) is 36.4 Å². The molecule has 1 aliphatic carbocycles. The minimum absolute atomic E-state index is 0.195. The van der Waals surface area contributed by atoms with Gasteiger partial charge >= 0.3 is 0 Å². The van der Waals surface area contributed by atoms with Crippen LogP contribution in [0.1, 0.15) is 17.0 Å². The molecule has 1 nitrogen and oxygen atoms in total. The van der Waals surface area contributed by atoms with Gasteiger partial charge in [-0.3, -0.25) is 0 Å². The van der Waals surface area contributed by atoms with Gasteiger partial charge in [0.25, 0.3) is 0 Å². The molecule has 16 heavy (non-hydrogen) atoms. The van der Waals surface area contributed by atoms with E-state index in [4.69, 9.17) is 5.73 Å². The molecular weight excluding hydrogens is 210 g/mol. The monoisotopic (exact) mass is 226 g/mol. The normalized spacial score (nSPS) is 18.8. The zero-order chi connectivity index (χ0) is 11.5. The van der Waals surface area contributed by atoms with Gasteiger partial charge in [0.1, 0.15) is 0 Å². The van der Waals surface area contributed by atoms with Crippen molar-refractivity contribution in [3.63, 3.8) is 0 Å². The molecule has 2 unspecified atom stereocenters. The van der Waals surface area contributed by atoms with Crippen molar-refractivity contribution in [3.05, 3.63) is 47.5 Å². The van der Waals surface area contributed by atoms with E-state index in [1.54, 1.807) is 0 Å². The molecule has 0 aromatic heterocycles. The lowest BCUT2D eigenvalue weighted by Crippen LogP contribution is -2.15. The molecule has 0 spiro atoms. The number of hydrogen-bond acceptors (Lipinski definition) is 0.